The van der Waals surface area contributed by atoms with Crippen molar-refractivity contribution in [3.05, 3.63) is 18.2 Å². The first kappa shape index (κ1) is 10.2. The van der Waals surface area contributed by atoms with Crippen molar-refractivity contribution in [3.8, 4) is 12.3 Å². The first-order valence-corrected chi connectivity index (χ1v) is 5.26. The Morgan fingerprint density at radius 2 is 2.47 bits per heavy atom. The summed E-state index contributed by atoms with van der Waals surface area (Å²) in [4.78, 5) is 6.71. The Morgan fingerprint density at radius 1 is 1.53 bits per heavy atom. The number of terminal acetylenes is 1. The van der Waals surface area contributed by atoms with Crippen LogP contribution in [0.15, 0.2) is 12.4 Å². The molecule has 0 spiro atoms. The molecule has 2 heterocycles. The van der Waals surface area contributed by atoms with Gasteiger partial charge in [0.15, 0.2) is 0 Å². The third kappa shape index (κ3) is 2.58. The van der Waals surface area contributed by atoms with Crippen LogP contribution in [0.25, 0.3) is 0 Å². The van der Waals surface area contributed by atoms with E-state index in [0.29, 0.717) is 6.54 Å². The summed E-state index contributed by atoms with van der Waals surface area (Å²) in [7, 11) is 0. The van der Waals surface area contributed by atoms with Crippen LogP contribution in [-0.4, -0.2) is 40.6 Å². The van der Waals surface area contributed by atoms with Crippen LogP contribution in [-0.2, 0) is 13.1 Å². The molecule has 0 unspecified atom stereocenters. The van der Waals surface area contributed by atoms with Crippen molar-refractivity contribution in [2.45, 2.75) is 13.1 Å². The van der Waals surface area contributed by atoms with Gasteiger partial charge in [-0.1, -0.05) is 5.92 Å². The van der Waals surface area contributed by atoms with Crippen LogP contribution >= 0.6 is 0 Å². The zero-order valence-corrected chi connectivity index (χ0v) is 8.82. The molecule has 0 aromatic carbocycles. The van der Waals surface area contributed by atoms with Crippen molar-refractivity contribution in [3.63, 3.8) is 0 Å². The molecule has 1 aliphatic rings. The summed E-state index contributed by atoms with van der Waals surface area (Å²) >= 11 is 0. The Morgan fingerprint density at radius 3 is 3.33 bits per heavy atom. The molecule has 4 heteroatoms. The number of imidazole rings is 1. The maximum atomic E-state index is 5.16. The molecular weight excluding hydrogens is 188 g/mol. The Bertz CT molecular complexity index is 350. The lowest BCUT2D eigenvalue weighted by Crippen LogP contribution is -2.38. The topological polar surface area (TPSA) is 33.1 Å². The molecular formula is C11H16N4. The fraction of sp³-hybridized carbons (Fsp3) is 0.545. The highest BCUT2D eigenvalue weighted by atomic mass is 15.2. The Labute approximate surface area is 90.3 Å². The molecule has 0 fully saturated rings. The van der Waals surface area contributed by atoms with E-state index in [1.54, 1.807) is 0 Å². The van der Waals surface area contributed by atoms with Gasteiger partial charge < -0.3 is 9.88 Å². The fourth-order valence-corrected chi connectivity index (χ4v) is 1.81. The van der Waals surface area contributed by atoms with E-state index >= 15 is 0 Å². The van der Waals surface area contributed by atoms with E-state index in [-0.39, 0.29) is 0 Å². The fourth-order valence-electron chi connectivity index (χ4n) is 1.81. The summed E-state index contributed by atoms with van der Waals surface area (Å²) in [5.41, 5.74) is 0. The summed E-state index contributed by atoms with van der Waals surface area (Å²) in [6, 6.07) is 0. The van der Waals surface area contributed by atoms with E-state index in [1.807, 2.05) is 12.4 Å². The van der Waals surface area contributed by atoms with E-state index < -0.39 is 0 Å². The SMILES string of the molecule is C#CCNCCN1CCn2ccnc2C1. The number of nitrogens with zero attached hydrogens (tertiary/aromatic N) is 3. The van der Waals surface area contributed by atoms with Gasteiger partial charge in [0.1, 0.15) is 5.82 Å². The smallest absolute Gasteiger partial charge is 0.122 e. The second-order valence-electron chi connectivity index (χ2n) is 3.69. The lowest BCUT2D eigenvalue weighted by atomic mass is 10.3. The average molecular weight is 204 g/mol. The van der Waals surface area contributed by atoms with Crippen molar-refractivity contribution in [1.29, 1.82) is 0 Å². The van der Waals surface area contributed by atoms with Gasteiger partial charge in [0, 0.05) is 38.6 Å². The molecule has 1 aromatic heterocycles. The highest BCUT2D eigenvalue weighted by Crippen LogP contribution is 2.08. The third-order valence-electron chi connectivity index (χ3n) is 2.66. The molecule has 15 heavy (non-hydrogen) atoms. The summed E-state index contributed by atoms with van der Waals surface area (Å²) in [6.07, 6.45) is 9.07. The standard InChI is InChI=1S/C11H16N4/c1-2-3-12-4-6-14-8-9-15-7-5-13-11(15)10-14/h1,5,7,12H,3-4,6,8-10H2. The van der Waals surface area contributed by atoms with Gasteiger partial charge in [-0.15, -0.1) is 6.42 Å². The maximum Gasteiger partial charge on any atom is 0.122 e. The predicted octanol–water partition coefficient (Wildman–Crippen LogP) is -0.0785. The van der Waals surface area contributed by atoms with Crippen molar-refractivity contribution < 1.29 is 0 Å². The minimum atomic E-state index is 0.655. The van der Waals surface area contributed by atoms with Gasteiger partial charge in [0.05, 0.1) is 13.1 Å². The summed E-state index contributed by atoms with van der Waals surface area (Å²) < 4.78 is 2.21. The van der Waals surface area contributed by atoms with Gasteiger partial charge in [-0.3, -0.25) is 4.90 Å². The van der Waals surface area contributed by atoms with Crippen LogP contribution in [0.5, 0.6) is 0 Å². The van der Waals surface area contributed by atoms with Crippen LogP contribution in [0.2, 0.25) is 0 Å². The lowest BCUT2D eigenvalue weighted by molar-refractivity contribution is 0.218. The Balaban J connectivity index is 1.76. The van der Waals surface area contributed by atoms with E-state index in [4.69, 9.17) is 6.42 Å². The van der Waals surface area contributed by atoms with Crippen LogP contribution in [0, 0.1) is 12.3 Å². The van der Waals surface area contributed by atoms with E-state index in [0.717, 1.165) is 38.5 Å². The maximum absolute atomic E-state index is 5.16. The number of aromatic nitrogens is 2. The largest absolute Gasteiger partial charge is 0.333 e. The van der Waals surface area contributed by atoms with Crippen LogP contribution in [0.4, 0.5) is 0 Å². The minimum absolute atomic E-state index is 0.655. The van der Waals surface area contributed by atoms with E-state index in [1.165, 1.54) is 0 Å². The zero-order valence-electron chi connectivity index (χ0n) is 8.82. The minimum Gasteiger partial charge on any atom is -0.333 e. The van der Waals surface area contributed by atoms with Gasteiger partial charge in [0.2, 0.25) is 0 Å². The quantitative estimate of drug-likeness (QED) is 0.550. The lowest BCUT2D eigenvalue weighted by Gasteiger charge is -2.27. The zero-order chi connectivity index (χ0) is 10.5. The third-order valence-corrected chi connectivity index (χ3v) is 2.66. The Kier molecular flexibility index (Phi) is 3.38. The van der Waals surface area contributed by atoms with Crippen molar-refractivity contribution >= 4 is 0 Å². The van der Waals surface area contributed by atoms with Gasteiger partial charge in [-0.05, 0) is 0 Å². The molecule has 0 aliphatic carbocycles. The number of hydrogen-bond acceptors (Lipinski definition) is 3. The molecule has 4 nitrogen and oxygen atoms in total. The second kappa shape index (κ2) is 4.96. The number of nitrogens with one attached hydrogen (secondary N) is 1. The van der Waals surface area contributed by atoms with Gasteiger partial charge in [-0.2, -0.15) is 0 Å². The second-order valence-corrected chi connectivity index (χ2v) is 3.69. The van der Waals surface area contributed by atoms with Crippen molar-refractivity contribution in [1.82, 2.24) is 19.8 Å². The molecule has 0 saturated heterocycles. The normalized spacial score (nSPS) is 15.9. The summed E-state index contributed by atoms with van der Waals surface area (Å²) in [6.45, 7) is 5.73. The average Bonchev–Trinajstić information content (AvgIpc) is 2.71. The van der Waals surface area contributed by atoms with Gasteiger partial charge in [-0.25, -0.2) is 4.98 Å². The first-order valence-electron chi connectivity index (χ1n) is 5.26. The number of hydrogen-bond donors (Lipinski definition) is 1. The van der Waals surface area contributed by atoms with Crippen molar-refractivity contribution in [2.75, 3.05) is 26.2 Å². The highest BCUT2D eigenvalue weighted by Gasteiger charge is 2.15. The predicted molar refractivity (Wildman–Crippen MR) is 59.2 cm³/mol. The molecule has 80 valence electrons. The van der Waals surface area contributed by atoms with Crippen LogP contribution in [0.1, 0.15) is 5.82 Å². The molecule has 0 atom stereocenters. The molecule has 0 radical (unpaired) electrons. The molecule has 1 aromatic rings. The summed E-state index contributed by atoms with van der Waals surface area (Å²) in [5.74, 6) is 3.74. The molecule has 2 rings (SSSR count). The molecule has 0 amide bonds. The number of fused-ring (bicyclic) bond motifs is 1. The molecule has 0 bridgehead atoms. The van der Waals surface area contributed by atoms with Crippen LogP contribution < -0.4 is 5.32 Å². The van der Waals surface area contributed by atoms with E-state index in [2.05, 4.69) is 25.7 Å². The molecule has 1 N–H and O–H groups in total. The van der Waals surface area contributed by atoms with Gasteiger partial charge in [0.25, 0.3) is 0 Å². The van der Waals surface area contributed by atoms with Crippen LogP contribution in [0.3, 0.4) is 0 Å². The molecule has 1 aliphatic heterocycles. The highest BCUT2D eigenvalue weighted by molar-refractivity contribution is 4.95. The van der Waals surface area contributed by atoms with Crippen molar-refractivity contribution in [2.24, 2.45) is 0 Å². The monoisotopic (exact) mass is 204 g/mol. The van der Waals surface area contributed by atoms with E-state index in [9.17, 15) is 0 Å². The Hall–Kier alpha value is -1.31. The number of rotatable bonds is 4. The van der Waals surface area contributed by atoms with Gasteiger partial charge >= 0.3 is 0 Å². The molecule has 0 saturated carbocycles. The summed E-state index contributed by atoms with van der Waals surface area (Å²) in [5, 5.41) is 3.20. The first-order chi connectivity index (χ1) is 7.40.